The number of carboxylic acids is 2. The van der Waals surface area contributed by atoms with E-state index in [-0.39, 0.29) is 17.8 Å². The van der Waals surface area contributed by atoms with Gasteiger partial charge in [0.2, 0.25) is 0 Å². The van der Waals surface area contributed by atoms with Crippen LogP contribution in [0.5, 0.6) is 0 Å². The summed E-state index contributed by atoms with van der Waals surface area (Å²) in [5, 5.41) is 16.4. The van der Waals surface area contributed by atoms with Gasteiger partial charge < -0.3 is 20.4 Å². The minimum absolute atomic E-state index is 0.0710. The topological polar surface area (TPSA) is 114 Å². The molecule has 1 heterocycles. The van der Waals surface area contributed by atoms with Crippen molar-refractivity contribution in [2.75, 3.05) is 0 Å². The normalized spacial score (nSPS) is 13.3. The molecule has 0 bridgehead atoms. The highest BCUT2D eigenvalue weighted by molar-refractivity contribution is 5.89. The van der Waals surface area contributed by atoms with Crippen molar-refractivity contribution >= 4 is 22.9 Å². The highest BCUT2D eigenvalue weighted by Gasteiger charge is 2.14. The Morgan fingerprint density at radius 2 is 1.83 bits per heavy atom. The smallest absolute Gasteiger partial charge is 0.328 e. The molecule has 0 saturated heterocycles. The molecule has 0 aliphatic carbocycles. The zero-order chi connectivity index (χ0) is 18.3. The van der Waals surface area contributed by atoms with Crippen LogP contribution < -0.4 is 5.73 Å². The van der Waals surface area contributed by atoms with Crippen LogP contribution in [0, 0.1) is 5.82 Å². The molecule has 0 aliphatic rings. The van der Waals surface area contributed by atoms with E-state index < -0.39 is 11.9 Å². The molecule has 2 unspecified atom stereocenters. The molecule has 4 N–H and O–H groups in total. The first kappa shape index (κ1) is 19.4. The number of benzene rings is 1. The van der Waals surface area contributed by atoms with E-state index >= 15 is 0 Å². The molecule has 7 heteroatoms. The standard InChI is InChI=1S/C13H16FNO.C4H4O4/c1-8(5-9(2)15)11-7-13-10(3-4-16-13)6-12(11)14;5-3(6)1-2-4(7)8/h3-4,6-9H,5,15H2,1-2H3;1-2H,(H,5,6)(H,7,8)/b;2-1+. The molecule has 2 rings (SSSR count). The van der Waals surface area contributed by atoms with Crippen LogP contribution in [0.1, 0.15) is 31.7 Å². The number of hydrogen-bond donors (Lipinski definition) is 3. The quantitative estimate of drug-likeness (QED) is 0.722. The number of halogens is 1. The Balaban J connectivity index is 0.000000307. The van der Waals surface area contributed by atoms with E-state index in [0.717, 1.165) is 17.4 Å². The van der Waals surface area contributed by atoms with Crippen LogP contribution in [-0.4, -0.2) is 28.2 Å². The lowest BCUT2D eigenvalue weighted by molar-refractivity contribution is -0.134. The fourth-order valence-electron chi connectivity index (χ4n) is 2.20. The highest BCUT2D eigenvalue weighted by Crippen LogP contribution is 2.28. The fourth-order valence-corrected chi connectivity index (χ4v) is 2.20. The fraction of sp³-hybridized carbons (Fsp3) is 0.294. The first-order valence-electron chi connectivity index (χ1n) is 7.26. The molecule has 130 valence electrons. The minimum Gasteiger partial charge on any atom is -0.478 e. The third-order valence-electron chi connectivity index (χ3n) is 3.20. The lowest BCUT2D eigenvalue weighted by Gasteiger charge is -2.15. The molecule has 0 amide bonds. The third kappa shape index (κ3) is 6.21. The van der Waals surface area contributed by atoms with Crippen molar-refractivity contribution in [1.82, 2.24) is 0 Å². The second-order valence-corrected chi connectivity index (χ2v) is 5.46. The molecule has 1 aromatic heterocycles. The van der Waals surface area contributed by atoms with Crippen LogP contribution in [-0.2, 0) is 9.59 Å². The Labute approximate surface area is 138 Å². The first-order valence-corrected chi connectivity index (χ1v) is 7.26. The van der Waals surface area contributed by atoms with Crippen LogP contribution in [0.2, 0.25) is 0 Å². The van der Waals surface area contributed by atoms with Gasteiger partial charge in [-0.3, -0.25) is 0 Å². The molecular formula is C17H20FNO5. The molecule has 2 aromatic rings. The number of rotatable bonds is 5. The lowest BCUT2D eigenvalue weighted by atomic mass is 9.94. The second kappa shape index (κ2) is 8.83. The number of carbonyl (C=O) groups is 2. The number of hydrogen-bond acceptors (Lipinski definition) is 4. The molecule has 0 fully saturated rings. The number of furan rings is 1. The Kier molecular flexibility index (Phi) is 7.13. The van der Waals surface area contributed by atoms with Crippen molar-refractivity contribution < 1.29 is 28.6 Å². The molecule has 1 aromatic carbocycles. The number of fused-ring (bicyclic) bond motifs is 1. The lowest BCUT2D eigenvalue weighted by Crippen LogP contribution is -2.17. The molecule has 6 nitrogen and oxygen atoms in total. The zero-order valence-electron chi connectivity index (χ0n) is 13.4. The van der Waals surface area contributed by atoms with Gasteiger partial charge in [0.1, 0.15) is 11.4 Å². The van der Waals surface area contributed by atoms with E-state index in [0.29, 0.717) is 17.7 Å². The maximum atomic E-state index is 13.8. The molecule has 0 saturated carbocycles. The van der Waals surface area contributed by atoms with Crippen LogP contribution in [0.3, 0.4) is 0 Å². The Bertz CT molecular complexity index is 720. The maximum Gasteiger partial charge on any atom is 0.328 e. The van der Waals surface area contributed by atoms with Gasteiger partial charge in [-0.2, -0.15) is 0 Å². The van der Waals surface area contributed by atoms with Crippen LogP contribution in [0.4, 0.5) is 4.39 Å². The summed E-state index contributed by atoms with van der Waals surface area (Å²) < 4.78 is 19.1. The second-order valence-electron chi connectivity index (χ2n) is 5.46. The molecule has 0 radical (unpaired) electrons. The Hall–Kier alpha value is -2.67. The van der Waals surface area contributed by atoms with E-state index in [4.69, 9.17) is 20.4 Å². The Morgan fingerprint density at radius 3 is 2.33 bits per heavy atom. The van der Waals surface area contributed by atoms with E-state index in [2.05, 4.69) is 0 Å². The zero-order valence-corrected chi connectivity index (χ0v) is 13.4. The SMILES string of the molecule is CC(N)CC(C)c1cc2occc2cc1F.O=C(O)/C=C/C(=O)O. The summed E-state index contributed by atoms with van der Waals surface area (Å²) in [6, 6.07) is 5.13. The molecule has 24 heavy (non-hydrogen) atoms. The first-order chi connectivity index (χ1) is 11.2. The Morgan fingerprint density at radius 1 is 1.25 bits per heavy atom. The van der Waals surface area contributed by atoms with E-state index in [9.17, 15) is 14.0 Å². The minimum atomic E-state index is -1.26. The van der Waals surface area contributed by atoms with Gasteiger partial charge in [0.25, 0.3) is 0 Å². The van der Waals surface area contributed by atoms with E-state index in [1.54, 1.807) is 18.4 Å². The summed E-state index contributed by atoms with van der Waals surface area (Å²) in [5.41, 5.74) is 7.14. The predicted molar refractivity (Wildman–Crippen MR) is 87.3 cm³/mol. The molecule has 2 atom stereocenters. The van der Waals surface area contributed by atoms with Crippen LogP contribution in [0.15, 0.2) is 41.0 Å². The summed E-state index contributed by atoms with van der Waals surface area (Å²) >= 11 is 0. The van der Waals surface area contributed by atoms with Gasteiger partial charge >= 0.3 is 11.9 Å². The van der Waals surface area contributed by atoms with Crippen molar-refractivity contribution in [1.29, 1.82) is 0 Å². The van der Waals surface area contributed by atoms with Gasteiger partial charge in [-0.05, 0) is 43.0 Å². The van der Waals surface area contributed by atoms with Gasteiger partial charge in [-0.25, -0.2) is 14.0 Å². The predicted octanol–water partition coefficient (Wildman–Crippen LogP) is 3.12. The van der Waals surface area contributed by atoms with Crippen molar-refractivity contribution in [3.63, 3.8) is 0 Å². The maximum absolute atomic E-state index is 13.8. The monoisotopic (exact) mass is 337 g/mol. The molecule has 0 aliphatic heterocycles. The van der Waals surface area contributed by atoms with Gasteiger partial charge in [-0.15, -0.1) is 0 Å². The summed E-state index contributed by atoms with van der Waals surface area (Å²) in [7, 11) is 0. The van der Waals surface area contributed by atoms with Crippen LogP contribution >= 0.6 is 0 Å². The van der Waals surface area contributed by atoms with Gasteiger partial charge in [0, 0.05) is 23.6 Å². The van der Waals surface area contributed by atoms with Crippen molar-refractivity contribution in [3.8, 4) is 0 Å². The number of nitrogens with two attached hydrogens (primary N) is 1. The number of aliphatic carboxylic acids is 2. The summed E-state index contributed by atoms with van der Waals surface area (Å²) in [6.45, 7) is 3.91. The highest BCUT2D eigenvalue weighted by atomic mass is 19.1. The van der Waals surface area contributed by atoms with Gasteiger partial charge in [0.15, 0.2) is 0 Å². The largest absolute Gasteiger partial charge is 0.478 e. The molecular weight excluding hydrogens is 317 g/mol. The average Bonchev–Trinajstić information content (AvgIpc) is 2.91. The molecule has 0 spiro atoms. The van der Waals surface area contributed by atoms with Gasteiger partial charge in [-0.1, -0.05) is 6.92 Å². The van der Waals surface area contributed by atoms with Crippen molar-refractivity contribution in [2.45, 2.75) is 32.2 Å². The van der Waals surface area contributed by atoms with Gasteiger partial charge in [0.05, 0.1) is 6.26 Å². The van der Waals surface area contributed by atoms with Crippen LogP contribution in [0.25, 0.3) is 11.0 Å². The van der Waals surface area contributed by atoms with E-state index in [1.165, 1.54) is 6.07 Å². The summed E-state index contributed by atoms with van der Waals surface area (Å²) in [5.74, 6) is -2.59. The van der Waals surface area contributed by atoms with Crippen molar-refractivity contribution in [2.24, 2.45) is 5.73 Å². The third-order valence-corrected chi connectivity index (χ3v) is 3.20. The average molecular weight is 337 g/mol. The van der Waals surface area contributed by atoms with E-state index in [1.807, 2.05) is 13.8 Å². The van der Waals surface area contributed by atoms with Crippen molar-refractivity contribution in [3.05, 3.63) is 48.0 Å². The summed E-state index contributed by atoms with van der Waals surface area (Å²) in [4.78, 5) is 19.1. The number of carboxylic acid groups (broad SMARTS) is 2. The summed E-state index contributed by atoms with van der Waals surface area (Å²) in [6.07, 6.45) is 3.46.